The summed E-state index contributed by atoms with van der Waals surface area (Å²) in [6.07, 6.45) is 3.07. The number of carbonyl (C=O) groups excluding carboxylic acids is 1. The molecule has 30 heavy (non-hydrogen) atoms. The Morgan fingerprint density at radius 2 is 1.87 bits per heavy atom. The molecule has 0 atom stereocenters. The van der Waals surface area contributed by atoms with Gasteiger partial charge >= 0.3 is 0 Å². The number of anilines is 1. The molecule has 0 aliphatic carbocycles. The van der Waals surface area contributed by atoms with Gasteiger partial charge < -0.3 is 14.8 Å². The highest BCUT2D eigenvalue weighted by molar-refractivity contribution is 9.10. The summed E-state index contributed by atoms with van der Waals surface area (Å²) < 4.78 is 12.4. The average Bonchev–Trinajstić information content (AvgIpc) is 2.74. The van der Waals surface area contributed by atoms with Crippen molar-refractivity contribution < 1.29 is 14.3 Å². The van der Waals surface area contributed by atoms with Gasteiger partial charge in [0.25, 0.3) is 0 Å². The standard InChI is InChI=1S/C23H18BrCl2NO3/c1-29-21-4-2-3-16(23(21)30-14-15-5-8-17(24)9-6-15)7-12-22(28)27-20-11-10-18(25)13-19(20)26/h2-13H,14H2,1H3,(H,27,28)/b12-7+. The first-order valence-electron chi connectivity index (χ1n) is 8.94. The quantitative estimate of drug-likeness (QED) is 0.351. The minimum absolute atomic E-state index is 0.332. The first-order valence-corrected chi connectivity index (χ1v) is 10.5. The van der Waals surface area contributed by atoms with Gasteiger partial charge in [0, 0.05) is 21.1 Å². The van der Waals surface area contributed by atoms with Crippen molar-refractivity contribution in [3.63, 3.8) is 0 Å². The zero-order valence-corrected chi connectivity index (χ0v) is 19.1. The zero-order chi connectivity index (χ0) is 21.5. The molecule has 3 aromatic rings. The van der Waals surface area contributed by atoms with E-state index in [9.17, 15) is 4.79 Å². The Morgan fingerprint density at radius 1 is 1.10 bits per heavy atom. The summed E-state index contributed by atoms with van der Waals surface area (Å²) >= 11 is 15.4. The lowest BCUT2D eigenvalue weighted by Gasteiger charge is -2.13. The van der Waals surface area contributed by atoms with Crippen LogP contribution < -0.4 is 14.8 Å². The van der Waals surface area contributed by atoms with Crippen molar-refractivity contribution in [2.75, 3.05) is 12.4 Å². The number of methoxy groups -OCH3 is 1. The van der Waals surface area contributed by atoms with Crippen LogP contribution in [0.25, 0.3) is 6.08 Å². The van der Waals surface area contributed by atoms with Crippen molar-refractivity contribution in [3.8, 4) is 11.5 Å². The number of amides is 1. The van der Waals surface area contributed by atoms with Crippen LogP contribution in [0.1, 0.15) is 11.1 Å². The summed E-state index contributed by atoms with van der Waals surface area (Å²) in [7, 11) is 1.57. The number of halogens is 3. The molecule has 0 aliphatic rings. The van der Waals surface area contributed by atoms with Crippen LogP contribution in [-0.4, -0.2) is 13.0 Å². The number of rotatable bonds is 7. The molecule has 0 radical (unpaired) electrons. The van der Waals surface area contributed by atoms with Crippen molar-refractivity contribution in [1.82, 2.24) is 0 Å². The fourth-order valence-corrected chi connectivity index (χ4v) is 3.37. The maximum absolute atomic E-state index is 12.3. The predicted molar refractivity (Wildman–Crippen MR) is 126 cm³/mol. The summed E-state index contributed by atoms with van der Waals surface area (Å²) in [4.78, 5) is 12.3. The van der Waals surface area contributed by atoms with Gasteiger partial charge in [0.15, 0.2) is 11.5 Å². The van der Waals surface area contributed by atoms with E-state index in [2.05, 4.69) is 21.2 Å². The Labute approximate surface area is 193 Å². The molecule has 1 amide bonds. The van der Waals surface area contributed by atoms with Gasteiger partial charge in [0.2, 0.25) is 5.91 Å². The molecule has 0 fully saturated rings. The molecule has 1 N–H and O–H groups in total. The second-order valence-electron chi connectivity index (χ2n) is 6.24. The molecule has 0 unspecified atom stereocenters. The number of benzene rings is 3. The maximum Gasteiger partial charge on any atom is 0.248 e. The highest BCUT2D eigenvalue weighted by Crippen LogP contribution is 2.33. The Morgan fingerprint density at radius 3 is 2.57 bits per heavy atom. The number of hydrogen-bond donors (Lipinski definition) is 1. The van der Waals surface area contributed by atoms with Crippen LogP contribution in [0.2, 0.25) is 10.0 Å². The van der Waals surface area contributed by atoms with E-state index in [0.717, 1.165) is 10.0 Å². The fourth-order valence-electron chi connectivity index (χ4n) is 2.65. The van der Waals surface area contributed by atoms with E-state index >= 15 is 0 Å². The molecule has 0 saturated heterocycles. The number of nitrogens with one attached hydrogen (secondary N) is 1. The number of hydrogen-bond acceptors (Lipinski definition) is 3. The lowest BCUT2D eigenvalue weighted by molar-refractivity contribution is -0.111. The Bertz CT molecular complexity index is 1070. The number of ether oxygens (including phenoxy) is 2. The van der Waals surface area contributed by atoms with Gasteiger partial charge in [-0.2, -0.15) is 0 Å². The lowest BCUT2D eigenvalue weighted by Crippen LogP contribution is -2.08. The molecule has 0 aliphatic heterocycles. The second-order valence-corrected chi connectivity index (χ2v) is 8.00. The highest BCUT2D eigenvalue weighted by Gasteiger charge is 2.10. The van der Waals surface area contributed by atoms with E-state index in [-0.39, 0.29) is 5.91 Å². The van der Waals surface area contributed by atoms with E-state index in [4.69, 9.17) is 32.7 Å². The van der Waals surface area contributed by atoms with Gasteiger partial charge in [-0.1, -0.05) is 63.4 Å². The van der Waals surface area contributed by atoms with Crippen LogP contribution in [0.15, 0.2) is 71.2 Å². The minimum Gasteiger partial charge on any atom is -0.493 e. The van der Waals surface area contributed by atoms with Crippen LogP contribution in [0.3, 0.4) is 0 Å². The molecule has 0 heterocycles. The van der Waals surface area contributed by atoms with Crippen LogP contribution in [0, 0.1) is 0 Å². The molecule has 7 heteroatoms. The van der Waals surface area contributed by atoms with Gasteiger partial charge in [0.05, 0.1) is 17.8 Å². The predicted octanol–water partition coefficient (Wildman–Crippen LogP) is 7.00. The van der Waals surface area contributed by atoms with E-state index in [1.165, 1.54) is 6.08 Å². The van der Waals surface area contributed by atoms with E-state index in [0.29, 0.717) is 39.4 Å². The molecule has 154 valence electrons. The maximum atomic E-state index is 12.3. The molecule has 0 bridgehead atoms. The first-order chi connectivity index (χ1) is 14.5. The van der Waals surface area contributed by atoms with Crippen LogP contribution >= 0.6 is 39.1 Å². The SMILES string of the molecule is COc1cccc(/C=C/C(=O)Nc2ccc(Cl)cc2Cl)c1OCc1ccc(Br)cc1. The third-order valence-electron chi connectivity index (χ3n) is 4.13. The smallest absolute Gasteiger partial charge is 0.248 e. The van der Waals surface area contributed by atoms with Gasteiger partial charge in [-0.15, -0.1) is 0 Å². The third kappa shape index (κ3) is 6.02. The molecule has 0 spiro atoms. The molecule has 3 aromatic carbocycles. The first kappa shape index (κ1) is 22.2. The lowest BCUT2D eigenvalue weighted by atomic mass is 10.1. The van der Waals surface area contributed by atoms with Crippen LogP contribution in [0.5, 0.6) is 11.5 Å². The third-order valence-corrected chi connectivity index (χ3v) is 5.21. The summed E-state index contributed by atoms with van der Waals surface area (Å²) in [6.45, 7) is 0.362. The van der Waals surface area contributed by atoms with Gasteiger partial charge in [-0.25, -0.2) is 0 Å². The monoisotopic (exact) mass is 505 g/mol. The minimum atomic E-state index is -0.332. The van der Waals surface area contributed by atoms with Crippen molar-refractivity contribution in [2.45, 2.75) is 6.61 Å². The summed E-state index contributed by atoms with van der Waals surface area (Å²) in [5.41, 5.74) is 2.20. The molecular formula is C23H18BrCl2NO3. The molecule has 4 nitrogen and oxygen atoms in total. The summed E-state index contributed by atoms with van der Waals surface area (Å²) in [5, 5.41) is 3.59. The Kier molecular flexibility index (Phi) is 7.80. The van der Waals surface area contributed by atoms with Gasteiger partial charge in [-0.05, 0) is 48.0 Å². The summed E-state index contributed by atoms with van der Waals surface area (Å²) in [6, 6.07) is 18.2. The molecule has 0 saturated carbocycles. The van der Waals surface area contributed by atoms with Crippen molar-refractivity contribution in [1.29, 1.82) is 0 Å². The fraction of sp³-hybridized carbons (Fsp3) is 0.0870. The molecular weight excluding hydrogens is 489 g/mol. The van der Waals surface area contributed by atoms with Gasteiger partial charge in [0.1, 0.15) is 6.61 Å². The molecule has 0 aromatic heterocycles. The van der Waals surface area contributed by atoms with Crippen molar-refractivity contribution >= 4 is 56.8 Å². The summed E-state index contributed by atoms with van der Waals surface area (Å²) in [5.74, 6) is 0.799. The van der Waals surface area contributed by atoms with E-state index in [1.54, 1.807) is 31.4 Å². The van der Waals surface area contributed by atoms with Crippen LogP contribution in [-0.2, 0) is 11.4 Å². The molecule has 3 rings (SSSR count). The van der Waals surface area contributed by atoms with Gasteiger partial charge in [-0.3, -0.25) is 4.79 Å². The van der Waals surface area contributed by atoms with E-state index < -0.39 is 0 Å². The topological polar surface area (TPSA) is 47.6 Å². The zero-order valence-electron chi connectivity index (χ0n) is 16.0. The largest absolute Gasteiger partial charge is 0.493 e. The Balaban J connectivity index is 1.75. The normalized spacial score (nSPS) is 10.8. The average molecular weight is 507 g/mol. The Hall–Kier alpha value is -2.47. The van der Waals surface area contributed by atoms with Crippen molar-refractivity contribution in [3.05, 3.63) is 92.4 Å². The van der Waals surface area contributed by atoms with E-state index in [1.807, 2.05) is 42.5 Å². The number of para-hydroxylation sites is 1. The second kappa shape index (κ2) is 10.5. The van der Waals surface area contributed by atoms with Crippen LogP contribution in [0.4, 0.5) is 5.69 Å². The van der Waals surface area contributed by atoms with Crippen molar-refractivity contribution in [2.24, 2.45) is 0 Å². The highest BCUT2D eigenvalue weighted by atomic mass is 79.9. The number of carbonyl (C=O) groups is 1.